The summed E-state index contributed by atoms with van der Waals surface area (Å²) < 4.78 is 12.4. The zero-order valence-corrected chi connectivity index (χ0v) is 20.9. The van der Waals surface area contributed by atoms with E-state index in [0.717, 1.165) is 12.2 Å². The Kier molecular flexibility index (Phi) is 24.6. The van der Waals surface area contributed by atoms with Gasteiger partial charge in [0.25, 0.3) is 0 Å². The van der Waals surface area contributed by atoms with Crippen molar-refractivity contribution in [3.05, 3.63) is 24.3 Å². The SMILES string of the molecule is CC(C)OC(=O)/C=C\C(=O)[O-].CC(C)OC(=O)/C=C\C(=O)[O-].CC[CH2][Sn+2][CH2]CC. The van der Waals surface area contributed by atoms with Crippen molar-refractivity contribution in [3.8, 4) is 0 Å². The molecule has 0 atom stereocenters. The van der Waals surface area contributed by atoms with Crippen LogP contribution in [0.3, 0.4) is 0 Å². The van der Waals surface area contributed by atoms with E-state index in [1.54, 1.807) is 36.6 Å². The van der Waals surface area contributed by atoms with Gasteiger partial charge in [0.15, 0.2) is 0 Å². The molecule has 0 spiro atoms. The van der Waals surface area contributed by atoms with Crippen LogP contribution in [-0.2, 0) is 28.7 Å². The van der Waals surface area contributed by atoms with Crippen LogP contribution in [0.25, 0.3) is 0 Å². The summed E-state index contributed by atoms with van der Waals surface area (Å²) in [5.74, 6) is -4.18. The molecule has 0 amide bonds. The second-order valence-corrected chi connectivity index (χ2v) is 10.3. The molecule has 0 bridgehead atoms. The Balaban J connectivity index is -0.000000360. The third kappa shape index (κ3) is 37.6. The van der Waals surface area contributed by atoms with Crippen LogP contribution in [0, 0.1) is 0 Å². The Morgan fingerprint density at radius 3 is 1.24 bits per heavy atom. The molecule has 0 unspecified atom stereocenters. The van der Waals surface area contributed by atoms with Crippen molar-refractivity contribution < 1.29 is 38.9 Å². The van der Waals surface area contributed by atoms with Gasteiger partial charge in [-0.2, -0.15) is 0 Å². The van der Waals surface area contributed by atoms with Gasteiger partial charge in [0.2, 0.25) is 0 Å². The number of hydrogen-bond acceptors (Lipinski definition) is 8. The summed E-state index contributed by atoms with van der Waals surface area (Å²) in [7, 11) is 0. The molecule has 0 aliphatic rings. The first-order valence-electron chi connectivity index (χ1n) is 9.36. The van der Waals surface area contributed by atoms with Gasteiger partial charge in [-0.15, -0.1) is 0 Å². The van der Waals surface area contributed by atoms with Crippen LogP contribution in [0.15, 0.2) is 24.3 Å². The molecule has 0 fully saturated rings. The minimum absolute atomic E-state index is 0.181. The van der Waals surface area contributed by atoms with Gasteiger partial charge in [0, 0.05) is 12.2 Å². The molecular formula is C20H32O8Sn. The van der Waals surface area contributed by atoms with Crippen LogP contribution in [0.5, 0.6) is 0 Å². The van der Waals surface area contributed by atoms with E-state index >= 15 is 0 Å². The molecule has 0 saturated heterocycles. The first-order valence-corrected chi connectivity index (χ1v) is 13.4. The summed E-state index contributed by atoms with van der Waals surface area (Å²) in [5, 5.41) is 19.6. The fraction of sp³-hybridized carbons (Fsp3) is 0.600. The second-order valence-electron chi connectivity index (χ2n) is 6.03. The van der Waals surface area contributed by atoms with E-state index in [2.05, 4.69) is 23.3 Å². The molecule has 0 aromatic heterocycles. The van der Waals surface area contributed by atoms with E-state index in [1.165, 1.54) is 12.8 Å². The van der Waals surface area contributed by atoms with Crippen molar-refractivity contribution in [1.82, 2.24) is 0 Å². The summed E-state index contributed by atoms with van der Waals surface area (Å²) >= 11 is 0.181. The molecule has 0 aromatic carbocycles. The second kappa shape index (κ2) is 22.4. The molecule has 0 rings (SSSR count). The Morgan fingerprint density at radius 1 is 0.724 bits per heavy atom. The van der Waals surface area contributed by atoms with Crippen molar-refractivity contribution in [2.24, 2.45) is 0 Å². The predicted molar refractivity (Wildman–Crippen MR) is 107 cm³/mol. The van der Waals surface area contributed by atoms with Crippen LogP contribution in [0.4, 0.5) is 0 Å². The average molecular weight is 519 g/mol. The van der Waals surface area contributed by atoms with Gasteiger partial charge < -0.3 is 29.3 Å². The normalized spacial score (nSPS) is 9.93. The fourth-order valence-corrected chi connectivity index (χ4v) is 4.03. The van der Waals surface area contributed by atoms with Crippen molar-refractivity contribution in [1.29, 1.82) is 0 Å². The summed E-state index contributed by atoms with van der Waals surface area (Å²) in [5.41, 5.74) is 0. The van der Waals surface area contributed by atoms with Gasteiger partial charge in [0.05, 0.1) is 24.1 Å². The van der Waals surface area contributed by atoms with E-state index in [0.29, 0.717) is 12.2 Å². The van der Waals surface area contributed by atoms with Crippen LogP contribution >= 0.6 is 0 Å². The topological polar surface area (TPSA) is 133 Å². The Morgan fingerprint density at radius 2 is 1.03 bits per heavy atom. The number of ether oxygens (including phenoxy) is 2. The number of carbonyl (C=O) groups excluding carboxylic acids is 4. The zero-order valence-electron chi connectivity index (χ0n) is 18.1. The quantitative estimate of drug-likeness (QED) is 0.180. The number of carboxylic acid groups (broad SMARTS) is 2. The van der Waals surface area contributed by atoms with Gasteiger partial charge in [-0.25, -0.2) is 9.59 Å². The number of aliphatic carboxylic acids is 2. The van der Waals surface area contributed by atoms with Crippen molar-refractivity contribution in [2.75, 3.05) is 0 Å². The van der Waals surface area contributed by atoms with Crippen LogP contribution in [0.2, 0.25) is 8.87 Å². The Labute approximate surface area is 183 Å². The van der Waals surface area contributed by atoms with Crippen molar-refractivity contribution >= 4 is 45.0 Å². The van der Waals surface area contributed by atoms with E-state index in [-0.39, 0.29) is 33.4 Å². The molecule has 0 aliphatic heterocycles. The molecule has 8 nitrogen and oxygen atoms in total. The summed E-state index contributed by atoms with van der Waals surface area (Å²) in [6.45, 7) is 11.3. The zero-order chi connectivity index (χ0) is 23.2. The average Bonchev–Trinajstić information content (AvgIpc) is 2.59. The minimum atomic E-state index is -1.41. The number of esters is 2. The predicted octanol–water partition coefficient (Wildman–Crippen LogP) is 0.835. The molecule has 29 heavy (non-hydrogen) atoms. The molecule has 0 aliphatic carbocycles. The molecule has 0 aromatic rings. The van der Waals surface area contributed by atoms with Gasteiger partial charge in [0.1, 0.15) is 0 Å². The number of carboxylic acids is 2. The Hall–Kier alpha value is -1.84. The standard InChI is InChI=1S/2C7H10O4.2C3H7.Sn/c2*1-5(2)11-7(10)4-3-6(8)9;2*1-3-2;/h2*3-5H,1-2H3,(H,8,9);2*1,3H2,2H3;/q;;;;+2/p-2/b2*4-3-;;;. The molecular weight excluding hydrogens is 487 g/mol. The van der Waals surface area contributed by atoms with Crippen molar-refractivity contribution in [3.63, 3.8) is 0 Å². The fourth-order valence-electron chi connectivity index (χ4n) is 1.29. The van der Waals surface area contributed by atoms with E-state index < -0.39 is 23.9 Å². The number of hydrogen-bond donors (Lipinski definition) is 0. The third-order valence-corrected chi connectivity index (χ3v) is 7.14. The van der Waals surface area contributed by atoms with Gasteiger partial charge in [-0.05, 0) is 39.8 Å². The molecule has 9 heteroatoms. The third-order valence-electron chi connectivity index (χ3n) is 2.27. The summed E-state index contributed by atoms with van der Waals surface area (Å²) in [4.78, 5) is 40.7. The van der Waals surface area contributed by atoms with E-state index in [4.69, 9.17) is 0 Å². The first-order chi connectivity index (χ1) is 13.5. The van der Waals surface area contributed by atoms with Crippen molar-refractivity contribution in [2.45, 2.75) is 75.5 Å². The molecule has 0 N–H and O–H groups in total. The summed E-state index contributed by atoms with van der Waals surface area (Å²) in [6.07, 6.45) is 5.28. The summed E-state index contributed by atoms with van der Waals surface area (Å²) in [6, 6.07) is 0. The molecule has 0 heterocycles. The molecule has 0 saturated carbocycles. The van der Waals surface area contributed by atoms with Gasteiger partial charge >= 0.3 is 68.6 Å². The van der Waals surface area contributed by atoms with Crippen LogP contribution < -0.4 is 10.2 Å². The Bertz CT molecular complexity index is 479. The van der Waals surface area contributed by atoms with E-state index in [9.17, 15) is 29.4 Å². The number of rotatable bonds is 10. The van der Waals surface area contributed by atoms with Gasteiger partial charge in [-0.1, -0.05) is 0 Å². The van der Waals surface area contributed by atoms with Crippen LogP contribution in [-0.4, -0.2) is 57.2 Å². The maximum atomic E-state index is 10.6. The maximum absolute atomic E-state index is 10.6. The van der Waals surface area contributed by atoms with Gasteiger partial charge in [-0.3, -0.25) is 0 Å². The number of carbonyl (C=O) groups is 4. The molecule has 164 valence electrons. The van der Waals surface area contributed by atoms with Crippen LogP contribution in [0.1, 0.15) is 54.4 Å². The van der Waals surface area contributed by atoms with E-state index in [1.807, 2.05) is 0 Å². The first kappa shape index (κ1) is 31.8. The monoisotopic (exact) mass is 520 g/mol. The molecule has 0 radical (unpaired) electrons.